The van der Waals surface area contributed by atoms with E-state index in [0.29, 0.717) is 37.0 Å². The minimum atomic E-state index is -1.10. The van der Waals surface area contributed by atoms with Crippen LogP contribution in [0.3, 0.4) is 0 Å². The Morgan fingerprint density at radius 1 is 1.05 bits per heavy atom. The van der Waals surface area contributed by atoms with Crippen molar-refractivity contribution in [1.29, 1.82) is 0 Å². The number of hydrogen-bond donors (Lipinski definition) is 5. The van der Waals surface area contributed by atoms with Crippen LogP contribution in [0.15, 0.2) is 35.5 Å². The third-order valence-electron chi connectivity index (χ3n) is 9.86. The Kier molecular flexibility index (Phi) is 9.94. The molecule has 3 aliphatic rings. The highest BCUT2D eigenvalue weighted by molar-refractivity contribution is 5.38. The average Bonchev–Trinajstić information content (AvgIpc) is 3.13. The fourth-order valence-electron chi connectivity index (χ4n) is 7.59. The molecule has 0 heterocycles. The second-order valence-corrected chi connectivity index (χ2v) is 13.9. The van der Waals surface area contributed by atoms with Crippen LogP contribution < -0.4 is 0 Å². The molecule has 0 saturated heterocycles. The van der Waals surface area contributed by atoms with Crippen LogP contribution >= 0.6 is 0 Å². The molecular weight excluding hydrogens is 464 g/mol. The van der Waals surface area contributed by atoms with Crippen LogP contribution in [0.4, 0.5) is 0 Å². The van der Waals surface area contributed by atoms with E-state index in [0.717, 1.165) is 49.7 Å². The SMILES string of the molecule is C=C1/C(=C/C=C2\CCC[C@]3(C)[C@@H]([C@H](CCCC(C)(C)O)CC[C@@H](O)C(C)(C)O)CC[C@@H]23)C[C@@H](O)C[C@@H]1O. The van der Waals surface area contributed by atoms with Crippen molar-refractivity contribution in [3.05, 3.63) is 35.5 Å². The third-order valence-corrected chi connectivity index (χ3v) is 9.86. The van der Waals surface area contributed by atoms with Crippen LogP contribution in [0.5, 0.6) is 0 Å². The lowest BCUT2D eigenvalue weighted by molar-refractivity contribution is -0.0563. The van der Waals surface area contributed by atoms with Crippen LogP contribution in [-0.4, -0.2) is 55.0 Å². The zero-order valence-electron chi connectivity index (χ0n) is 24.0. The summed E-state index contributed by atoms with van der Waals surface area (Å²) in [6.07, 6.45) is 13.4. The molecule has 3 saturated carbocycles. The summed E-state index contributed by atoms with van der Waals surface area (Å²) in [4.78, 5) is 0. The molecule has 3 aliphatic carbocycles. The van der Waals surface area contributed by atoms with Crippen molar-refractivity contribution >= 4 is 0 Å². The van der Waals surface area contributed by atoms with E-state index in [1.54, 1.807) is 13.8 Å². The smallest absolute Gasteiger partial charge is 0.0849 e. The normalized spacial score (nSPS) is 35.1. The number of aliphatic hydroxyl groups excluding tert-OH is 3. The van der Waals surface area contributed by atoms with Gasteiger partial charge in [0, 0.05) is 6.42 Å². The number of aliphatic hydroxyl groups is 5. The van der Waals surface area contributed by atoms with Gasteiger partial charge in [0.2, 0.25) is 0 Å². The Morgan fingerprint density at radius 3 is 2.41 bits per heavy atom. The molecule has 0 aromatic rings. The fraction of sp³-hybridized carbons (Fsp3) is 0.812. The lowest BCUT2D eigenvalue weighted by atomic mass is 9.60. The lowest BCUT2D eigenvalue weighted by Crippen LogP contribution is -2.39. The molecule has 3 rings (SSSR count). The highest BCUT2D eigenvalue weighted by Crippen LogP contribution is 2.60. The molecule has 0 bridgehead atoms. The Morgan fingerprint density at radius 2 is 1.76 bits per heavy atom. The van der Waals surface area contributed by atoms with Crippen molar-refractivity contribution in [1.82, 2.24) is 0 Å². The maximum atomic E-state index is 10.6. The molecule has 0 amide bonds. The van der Waals surface area contributed by atoms with Gasteiger partial charge in [-0.05, 0) is 120 Å². The van der Waals surface area contributed by atoms with Crippen LogP contribution in [0.25, 0.3) is 0 Å². The van der Waals surface area contributed by atoms with Crippen molar-refractivity contribution in [3.63, 3.8) is 0 Å². The first-order valence-electron chi connectivity index (χ1n) is 14.7. The zero-order valence-corrected chi connectivity index (χ0v) is 24.0. The van der Waals surface area contributed by atoms with Gasteiger partial charge in [-0.3, -0.25) is 0 Å². The molecule has 37 heavy (non-hydrogen) atoms. The van der Waals surface area contributed by atoms with Gasteiger partial charge in [-0.2, -0.15) is 0 Å². The number of allylic oxidation sites excluding steroid dienone is 3. The lowest BCUT2D eigenvalue weighted by Gasteiger charge is -2.45. The molecular formula is C32H54O5. The first-order chi connectivity index (χ1) is 17.1. The van der Waals surface area contributed by atoms with Gasteiger partial charge < -0.3 is 25.5 Å². The molecule has 212 valence electrons. The largest absolute Gasteiger partial charge is 0.393 e. The van der Waals surface area contributed by atoms with Crippen LogP contribution in [0, 0.1) is 23.2 Å². The van der Waals surface area contributed by atoms with Crippen molar-refractivity contribution in [2.24, 2.45) is 23.2 Å². The molecule has 0 spiro atoms. The van der Waals surface area contributed by atoms with E-state index in [1.165, 1.54) is 24.8 Å². The van der Waals surface area contributed by atoms with Gasteiger partial charge >= 0.3 is 0 Å². The first-order valence-corrected chi connectivity index (χ1v) is 14.7. The quantitative estimate of drug-likeness (QED) is 0.259. The molecule has 0 radical (unpaired) electrons. The standard InChI is InChI=1S/C32H54O5/c1-21-24(19-25(33)20-28(21)34)12-11-22-10-8-18-32(6)26(22)14-15-27(32)23(9-7-17-30(2,3)36)13-16-29(35)31(4,5)37/h11-12,23,25-29,33-37H,1,7-10,13-20H2,2-6H3/b22-11+,24-12+/t23-,25-,26+,27-,28+,29-,32+/m1/s1. The van der Waals surface area contributed by atoms with Crippen molar-refractivity contribution in [2.75, 3.05) is 0 Å². The van der Waals surface area contributed by atoms with E-state index in [1.807, 2.05) is 13.8 Å². The maximum absolute atomic E-state index is 10.6. The summed E-state index contributed by atoms with van der Waals surface area (Å²) < 4.78 is 0. The van der Waals surface area contributed by atoms with Gasteiger partial charge in [-0.1, -0.05) is 44.1 Å². The Labute approximate surface area is 225 Å². The molecule has 0 aromatic heterocycles. The summed E-state index contributed by atoms with van der Waals surface area (Å²) in [7, 11) is 0. The predicted octanol–water partition coefficient (Wildman–Crippen LogP) is 5.60. The highest BCUT2D eigenvalue weighted by Gasteiger charge is 2.51. The van der Waals surface area contributed by atoms with Crippen LogP contribution in [-0.2, 0) is 0 Å². The van der Waals surface area contributed by atoms with E-state index in [9.17, 15) is 25.5 Å². The maximum Gasteiger partial charge on any atom is 0.0849 e. The first kappa shape index (κ1) is 30.6. The van der Waals surface area contributed by atoms with Crippen molar-refractivity contribution in [2.45, 2.75) is 141 Å². The summed E-state index contributed by atoms with van der Waals surface area (Å²) in [5.74, 6) is 1.53. The Bertz CT molecular complexity index is 844. The molecule has 0 aliphatic heterocycles. The van der Waals surface area contributed by atoms with E-state index >= 15 is 0 Å². The molecule has 5 N–H and O–H groups in total. The van der Waals surface area contributed by atoms with Crippen LogP contribution in [0.1, 0.15) is 112 Å². The van der Waals surface area contributed by atoms with Gasteiger partial charge in [0.05, 0.1) is 29.5 Å². The summed E-state index contributed by atoms with van der Waals surface area (Å²) in [5, 5.41) is 51.5. The van der Waals surface area contributed by atoms with Crippen molar-refractivity contribution < 1.29 is 25.5 Å². The van der Waals surface area contributed by atoms with E-state index in [4.69, 9.17) is 0 Å². The number of hydrogen-bond acceptors (Lipinski definition) is 5. The Hall–Kier alpha value is -0.980. The van der Waals surface area contributed by atoms with Crippen molar-refractivity contribution in [3.8, 4) is 0 Å². The monoisotopic (exact) mass is 518 g/mol. The zero-order chi connectivity index (χ0) is 27.6. The Balaban J connectivity index is 1.79. The summed E-state index contributed by atoms with van der Waals surface area (Å²) in [6, 6.07) is 0. The topological polar surface area (TPSA) is 101 Å². The summed E-state index contributed by atoms with van der Waals surface area (Å²) >= 11 is 0. The van der Waals surface area contributed by atoms with Gasteiger partial charge in [0.15, 0.2) is 0 Å². The molecule has 0 aromatic carbocycles. The summed E-state index contributed by atoms with van der Waals surface area (Å²) in [6.45, 7) is 13.7. The molecule has 5 nitrogen and oxygen atoms in total. The summed E-state index contributed by atoms with van der Waals surface area (Å²) in [5.41, 5.74) is 1.62. The minimum absolute atomic E-state index is 0.199. The van der Waals surface area contributed by atoms with Gasteiger partial charge in [-0.25, -0.2) is 0 Å². The van der Waals surface area contributed by atoms with Gasteiger partial charge in [-0.15, -0.1) is 0 Å². The second kappa shape index (κ2) is 12.0. The number of rotatable bonds is 10. The minimum Gasteiger partial charge on any atom is -0.393 e. The second-order valence-electron chi connectivity index (χ2n) is 13.9. The van der Waals surface area contributed by atoms with E-state index in [2.05, 4.69) is 25.7 Å². The number of fused-ring (bicyclic) bond motifs is 1. The predicted molar refractivity (Wildman–Crippen MR) is 150 cm³/mol. The van der Waals surface area contributed by atoms with Crippen LogP contribution in [0.2, 0.25) is 0 Å². The van der Waals surface area contributed by atoms with E-state index < -0.39 is 29.5 Å². The third kappa shape index (κ3) is 7.79. The highest BCUT2D eigenvalue weighted by atomic mass is 16.3. The van der Waals surface area contributed by atoms with E-state index in [-0.39, 0.29) is 5.41 Å². The van der Waals surface area contributed by atoms with Gasteiger partial charge in [0.25, 0.3) is 0 Å². The fourth-order valence-corrected chi connectivity index (χ4v) is 7.59. The molecule has 7 atom stereocenters. The van der Waals surface area contributed by atoms with Gasteiger partial charge in [0.1, 0.15) is 0 Å². The molecule has 0 unspecified atom stereocenters. The molecule has 5 heteroatoms. The average molecular weight is 519 g/mol. The molecule has 3 fully saturated rings.